The van der Waals surface area contributed by atoms with Crippen molar-refractivity contribution >= 4 is 39.5 Å². The van der Waals surface area contributed by atoms with Gasteiger partial charge in [0.15, 0.2) is 12.2 Å². The van der Waals surface area contributed by atoms with Gasteiger partial charge >= 0.3 is 39.5 Å². The van der Waals surface area contributed by atoms with Gasteiger partial charge in [0.25, 0.3) is 0 Å². The second kappa shape index (κ2) is 67.2. The number of carbonyl (C=O) groups is 4. The van der Waals surface area contributed by atoms with Crippen LogP contribution in [0.15, 0.2) is 0 Å². The summed E-state index contributed by atoms with van der Waals surface area (Å²) in [4.78, 5) is 72.9. The molecule has 0 aliphatic heterocycles. The first-order chi connectivity index (χ1) is 46.6. The largest absolute Gasteiger partial charge is 0.472 e. The van der Waals surface area contributed by atoms with E-state index in [-0.39, 0.29) is 25.7 Å². The molecule has 576 valence electrons. The van der Waals surface area contributed by atoms with Gasteiger partial charge < -0.3 is 33.8 Å². The number of aliphatic hydroxyl groups is 1. The van der Waals surface area contributed by atoms with E-state index in [1.807, 2.05) is 0 Å². The summed E-state index contributed by atoms with van der Waals surface area (Å²) in [5, 5.41) is 10.6. The zero-order valence-corrected chi connectivity index (χ0v) is 65.5. The summed E-state index contributed by atoms with van der Waals surface area (Å²) in [7, 11) is -9.92. The van der Waals surface area contributed by atoms with Gasteiger partial charge in [-0.15, -0.1) is 0 Å². The third kappa shape index (κ3) is 72.2. The highest BCUT2D eigenvalue weighted by Gasteiger charge is 2.30. The molecule has 0 spiro atoms. The van der Waals surface area contributed by atoms with Crippen LogP contribution in [0.5, 0.6) is 0 Å². The number of phosphoric acid groups is 2. The van der Waals surface area contributed by atoms with Crippen LogP contribution in [0.2, 0.25) is 0 Å². The summed E-state index contributed by atoms with van der Waals surface area (Å²) < 4.78 is 68.6. The Morgan fingerprint density at radius 2 is 0.433 bits per heavy atom. The first kappa shape index (κ1) is 95.1. The predicted octanol–water partition coefficient (Wildman–Crippen LogP) is 22.8. The SMILES string of the molecule is CC(C)CCCCCCCCCCCCCCCCCC(=O)O[C@H](COC(=O)CCCCCCCCCC(C)C)COP(=O)(O)OCC(O)COP(=O)(O)OC[C@@H](COC(=O)CCCCCCCCCCCCCCCCC(C)C)OC(=O)CCCCCCCCCCCC(C)C. The number of ether oxygens (including phenoxy) is 4. The van der Waals surface area contributed by atoms with Crippen molar-refractivity contribution in [2.24, 2.45) is 23.7 Å². The molecule has 0 aromatic rings. The second-order valence-corrected chi connectivity index (χ2v) is 32.9. The summed E-state index contributed by atoms with van der Waals surface area (Å²) in [5.41, 5.74) is 0. The maximum Gasteiger partial charge on any atom is 0.472 e. The van der Waals surface area contributed by atoms with E-state index in [9.17, 15) is 43.2 Å². The first-order valence-corrected chi connectivity index (χ1v) is 43.2. The van der Waals surface area contributed by atoms with Gasteiger partial charge in [0.2, 0.25) is 0 Å². The van der Waals surface area contributed by atoms with Gasteiger partial charge in [0.05, 0.1) is 26.4 Å². The molecule has 0 fully saturated rings. The Hall–Kier alpha value is -1.94. The fourth-order valence-electron chi connectivity index (χ4n) is 11.9. The van der Waals surface area contributed by atoms with Crippen molar-refractivity contribution in [2.75, 3.05) is 39.6 Å². The molecule has 0 amide bonds. The van der Waals surface area contributed by atoms with Gasteiger partial charge in [-0.25, -0.2) is 9.13 Å². The minimum atomic E-state index is -4.96. The maximum absolute atomic E-state index is 13.1. The number of rotatable bonds is 75. The van der Waals surface area contributed by atoms with Crippen LogP contribution in [0.4, 0.5) is 0 Å². The van der Waals surface area contributed by atoms with E-state index in [1.54, 1.807) is 0 Å². The van der Waals surface area contributed by atoms with Crippen molar-refractivity contribution in [3.63, 3.8) is 0 Å². The van der Waals surface area contributed by atoms with Crippen LogP contribution in [0.3, 0.4) is 0 Å². The number of unbranched alkanes of at least 4 members (excludes halogenated alkanes) is 41. The lowest BCUT2D eigenvalue weighted by Gasteiger charge is -2.21. The van der Waals surface area contributed by atoms with E-state index < -0.39 is 97.5 Å². The lowest BCUT2D eigenvalue weighted by molar-refractivity contribution is -0.161. The Balaban J connectivity index is 5.21. The van der Waals surface area contributed by atoms with E-state index in [2.05, 4.69) is 55.4 Å². The zero-order valence-electron chi connectivity index (χ0n) is 63.7. The smallest absolute Gasteiger partial charge is 0.462 e. The van der Waals surface area contributed by atoms with Crippen LogP contribution in [-0.2, 0) is 65.4 Å². The van der Waals surface area contributed by atoms with Crippen molar-refractivity contribution in [1.82, 2.24) is 0 Å². The molecule has 0 radical (unpaired) electrons. The molecule has 0 rings (SSSR count). The maximum atomic E-state index is 13.1. The molecule has 0 bridgehead atoms. The Bertz CT molecular complexity index is 1900. The average molecular weight is 1420 g/mol. The summed E-state index contributed by atoms with van der Waals surface area (Å²) >= 11 is 0. The molecule has 19 heteroatoms. The highest BCUT2D eigenvalue weighted by Crippen LogP contribution is 2.45. The molecule has 5 atom stereocenters. The molecule has 97 heavy (non-hydrogen) atoms. The Labute approximate surface area is 594 Å². The zero-order chi connectivity index (χ0) is 71.7. The first-order valence-electron chi connectivity index (χ1n) is 40.2. The van der Waals surface area contributed by atoms with Gasteiger partial charge in [-0.1, -0.05) is 344 Å². The van der Waals surface area contributed by atoms with Gasteiger partial charge in [-0.3, -0.25) is 37.3 Å². The van der Waals surface area contributed by atoms with Gasteiger partial charge in [0, 0.05) is 25.7 Å². The van der Waals surface area contributed by atoms with Crippen molar-refractivity contribution in [1.29, 1.82) is 0 Å². The monoisotopic (exact) mass is 1420 g/mol. The normalized spacial score (nSPS) is 14.1. The fraction of sp³-hybridized carbons (Fsp3) is 0.949. The van der Waals surface area contributed by atoms with E-state index in [0.717, 1.165) is 114 Å². The van der Waals surface area contributed by atoms with E-state index in [0.29, 0.717) is 31.6 Å². The van der Waals surface area contributed by atoms with E-state index in [4.69, 9.17) is 37.0 Å². The molecule has 3 unspecified atom stereocenters. The summed E-state index contributed by atoms with van der Waals surface area (Å²) in [5.74, 6) is 0.924. The molecule has 0 heterocycles. The van der Waals surface area contributed by atoms with Crippen LogP contribution >= 0.6 is 15.6 Å². The number of carbonyl (C=O) groups excluding carboxylic acids is 4. The van der Waals surface area contributed by atoms with Crippen molar-refractivity contribution in [2.45, 2.75) is 414 Å². The van der Waals surface area contributed by atoms with Crippen molar-refractivity contribution < 1.29 is 80.2 Å². The number of esters is 4. The molecule has 3 N–H and O–H groups in total. The van der Waals surface area contributed by atoms with Crippen LogP contribution < -0.4 is 0 Å². The minimum absolute atomic E-state index is 0.105. The molecule has 0 aliphatic carbocycles. The van der Waals surface area contributed by atoms with Gasteiger partial charge in [0.1, 0.15) is 19.3 Å². The number of hydrogen-bond acceptors (Lipinski definition) is 15. The van der Waals surface area contributed by atoms with Crippen LogP contribution in [0, 0.1) is 23.7 Å². The topological polar surface area (TPSA) is 237 Å². The predicted molar refractivity (Wildman–Crippen MR) is 395 cm³/mol. The molecule has 0 aromatic heterocycles. The number of phosphoric ester groups is 2. The highest BCUT2D eigenvalue weighted by atomic mass is 31.2. The Kier molecular flexibility index (Phi) is 65.9. The molecule has 0 saturated heterocycles. The van der Waals surface area contributed by atoms with Crippen LogP contribution in [-0.4, -0.2) is 96.7 Å². The van der Waals surface area contributed by atoms with E-state index in [1.165, 1.54) is 193 Å². The summed E-state index contributed by atoms with van der Waals surface area (Å²) in [6.07, 6.45) is 52.8. The Morgan fingerprint density at radius 1 is 0.258 bits per heavy atom. The quantitative estimate of drug-likeness (QED) is 0.0222. The third-order valence-electron chi connectivity index (χ3n) is 18.1. The fourth-order valence-corrected chi connectivity index (χ4v) is 13.5. The van der Waals surface area contributed by atoms with Crippen molar-refractivity contribution in [3.05, 3.63) is 0 Å². The third-order valence-corrected chi connectivity index (χ3v) is 20.0. The van der Waals surface area contributed by atoms with Crippen molar-refractivity contribution in [3.8, 4) is 0 Å². The van der Waals surface area contributed by atoms with Gasteiger partial charge in [-0.2, -0.15) is 0 Å². The molecular formula is C78H152O17P2. The summed E-state index contributed by atoms with van der Waals surface area (Å²) in [6.45, 7) is 14.2. The van der Waals surface area contributed by atoms with E-state index >= 15 is 0 Å². The van der Waals surface area contributed by atoms with Crippen LogP contribution in [0.1, 0.15) is 396 Å². The molecule has 0 aliphatic rings. The second-order valence-electron chi connectivity index (χ2n) is 30.0. The Morgan fingerprint density at radius 3 is 0.639 bits per heavy atom. The van der Waals surface area contributed by atoms with Crippen LogP contribution in [0.25, 0.3) is 0 Å². The molecule has 0 saturated carbocycles. The molecule has 0 aromatic carbocycles. The minimum Gasteiger partial charge on any atom is -0.462 e. The molecule has 17 nitrogen and oxygen atoms in total. The average Bonchev–Trinajstić information content (AvgIpc) is 1.09. The lowest BCUT2D eigenvalue weighted by Crippen LogP contribution is -2.30. The molecular weight excluding hydrogens is 1270 g/mol. The number of hydrogen-bond donors (Lipinski definition) is 3. The summed E-state index contributed by atoms with van der Waals surface area (Å²) in [6, 6.07) is 0. The van der Waals surface area contributed by atoms with Gasteiger partial charge in [-0.05, 0) is 49.4 Å². The number of aliphatic hydroxyl groups excluding tert-OH is 1. The standard InChI is InChI=1S/C78H152O17P2/c1-68(2)54-46-38-30-23-18-14-10-9-11-17-21-27-35-44-52-60-77(82)94-74(65-89-76(81)59-51-43-37-29-33-41-49-57-71(7)8)67-93-97(86,87)91-63-72(79)62-90-96(84,85)92-66-73(95-78(83)61-53-45-36-28-22-25-32-40-48-56-70(5)6)64-88-75(80)58-50-42-34-26-20-16-13-12-15-19-24-31-39-47-55-69(3)4/h68-74,79H,9-67H2,1-8H3,(H,84,85)(H,86,87)/t72?,73-,74-/m1/s1. The highest BCUT2D eigenvalue weighted by molar-refractivity contribution is 7.47. The lowest BCUT2D eigenvalue weighted by atomic mass is 10.0.